The minimum absolute atomic E-state index is 0.0665. The van der Waals surface area contributed by atoms with E-state index < -0.39 is 15.8 Å². The van der Waals surface area contributed by atoms with Crippen molar-refractivity contribution in [2.45, 2.75) is 30.3 Å². The zero-order valence-corrected chi connectivity index (χ0v) is 14.5. The summed E-state index contributed by atoms with van der Waals surface area (Å²) in [4.78, 5) is 2.07. The topological polar surface area (TPSA) is 49.4 Å². The molecule has 1 aliphatic rings. The lowest BCUT2D eigenvalue weighted by Crippen LogP contribution is -2.47. The SMILES string of the molecule is O=S(=O)(NC1CCCN(Cc2ccc(F)cc2)C1)c1cccc(F)c1. The third kappa shape index (κ3) is 4.84. The second-order valence-corrected chi connectivity index (χ2v) is 7.99. The Morgan fingerprint density at radius 1 is 1.08 bits per heavy atom. The van der Waals surface area contributed by atoms with Crippen LogP contribution in [0.25, 0.3) is 0 Å². The number of likely N-dealkylation sites (tertiary alicyclic amines) is 1. The summed E-state index contributed by atoms with van der Waals surface area (Å²) in [6.07, 6.45) is 1.59. The zero-order chi connectivity index (χ0) is 17.9. The molecule has 1 atom stereocenters. The lowest BCUT2D eigenvalue weighted by molar-refractivity contribution is 0.194. The number of halogens is 2. The Morgan fingerprint density at radius 3 is 2.56 bits per heavy atom. The molecule has 0 aliphatic carbocycles. The van der Waals surface area contributed by atoms with Crippen molar-refractivity contribution in [2.75, 3.05) is 13.1 Å². The van der Waals surface area contributed by atoms with Crippen LogP contribution in [0.15, 0.2) is 53.4 Å². The maximum absolute atomic E-state index is 13.3. The molecule has 1 N–H and O–H groups in total. The molecule has 0 bridgehead atoms. The minimum Gasteiger partial charge on any atom is -0.298 e. The van der Waals surface area contributed by atoms with Gasteiger partial charge in [-0.2, -0.15) is 0 Å². The standard InChI is InChI=1S/C18H20F2N2O2S/c19-15-8-6-14(7-9-15)12-22-10-2-4-17(13-22)21-25(23,24)18-5-1-3-16(20)11-18/h1,3,5-9,11,17,21H,2,4,10,12-13H2. The Hall–Kier alpha value is -1.83. The Labute approximate surface area is 146 Å². The Kier molecular flexibility index (Phi) is 5.46. The van der Waals surface area contributed by atoms with Crippen molar-refractivity contribution in [3.8, 4) is 0 Å². The van der Waals surface area contributed by atoms with Crippen LogP contribution >= 0.6 is 0 Å². The van der Waals surface area contributed by atoms with Crippen LogP contribution in [0, 0.1) is 11.6 Å². The molecule has 1 fully saturated rings. The highest BCUT2D eigenvalue weighted by atomic mass is 32.2. The number of hydrogen-bond donors (Lipinski definition) is 1. The van der Waals surface area contributed by atoms with Gasteiger partial charge in [-0.1, -0.05) is 18.2 Å². The molecule has 4 nitrogen and oxygen atoms in total. The molecule has 1 aliphatic heterocycles. The summed E-state index contributed by atoms with van der Waals surface area (Å²) in [7, 11) is -3.75. The molecule has 134 valence electrons. The number of nitrogens with zero attached hydrogens (tertiary/aromatic N) is 1. The summed E-state index contributed by atoms with van der Waals surface area (Å²) < 4.78 is 53.8. The van der Waals surface area contributed by atoms with Crippen molar-refractivity contribution in [1.82, 2.24) is 9.62 Å². The molecule has 0 amide bonds. The van der Waals surface area contributed by atoms with Crippen LogP contribution in [0.1, 0.15) is 18.4 Å². The molecule has 0 aromatic heterocycles. The van der Waals surface area contributed by atoms with Crippen LogP contribution in [-0.4, -0.2) is 32.4 Å². The average Bonchev–Trinajstić information content (AvgIpc) is 2.57. The first-order chi connectivity index (χ1) is 11.9. The van der Waals surface area contributed by atoms with E-state index in [9.17, 15) is 17.2 Å². The number of nitrogens with one attached hydrogen (secondary N) is 1. The first kappa shape index (κ1) is 18.0. The molecule has 7 heteroatoms. The molecule has 2 aromatic rings. The van der Waals surface area contributed by atoms with E-state index in [1.54, 1.807) is 12.1 Å². The molecule has 1 saturated heterocycles. The van der Waals surface area contributed by atoms with Crippen molar-refractivity contribution < 1.29 is 17.2 Å². The summed E-state index contributed by atoms with van der Waals surface area (Å²) in [6.45, 7) is 2.06. The Bertz CT molecular complexity index is 825. The largest absolute Gasteiger partial charge is 0.298 e. The molecule has 3 rings (SSSR count). The number of benzene rings is 2. The van der Waals surface area contributed by atoms with Crippen molar-refractivity contribution in [1.29, 1.82) is 0 Å². The molecule has 2 aromatic carbocycles. The van der Waals surface area contributed by atoms with Crippen molar-refractivity contribution >= 4 is 10.0 Å². The quantitative estimate of drug-likeness (QED) is 0.885. The predicted molar refractivity (Wildman–Crippen MR) is 91.4 cm³/mol. The fourth-order valence-corrected chi connectivity index (χ4v) is 4.36. The summed E-state index contributed by atoms with van der Waals surface area (Å²) in [5, 5.41) is 0. The third-order valence-corrected chi connectivity index (χ3v) is 5.77. The van der Waals surface area contributed by atoms with E-state index in [4.69, 9.17) is 0 Å². The van der Waals surface area contributed by atoms with E-state index in [-0.39, 0.29) is 16.8 Å². The third-order valence-electron chi connectivity index (χ3n) is 4.25. The monoisotopic (exact) mass is 366 g/mol. The molecule has 0 saturated carbocycles. The van der Waals surface area contributed by atoms with E-state index in [0.29, 0.717) is 13.1 Å². The summed E-state index contributed by atoms with van der Waals surface area (Å²) in [6, 6.07) is 11.1. The van der Waals surface area contributed by atoms with Crippen molar-refractivity contribution in [2.24, 2.45) is 0 Å². The molecular formula is C18H20F2N2O2S. The van der Waals surface area contributed by atoms with Gasteiger partial charge in [-0.25, -0.2) is 21.9 Å². The van der Waals surface area contributed by atoms with Crippen LogP contribution < -0.4 is 4.72 Å². The average molecular weight is 366 g/mol. The highest BCUT2D eigenvalue weighted by Crippen LogP contribution is 2.17. The van der Waals surface area contributed by atoms with E-state index in [1.807, 2.05) is 0 Å². The van der Waals surface area contributed by atoms with Crippen molar-refractivity contribution in [3.63, 3.8) is 0 Å². The molecular weight excluding hydrogens is 346 g/mol. The number of sulfonamides is 1. The van der Waals surface area contributed by atoms with E-state index in [0.717, 1.165) is 31.0 Å². The zero-order valence-electron chi connectivity index (χ0n) is 13.7. The van der Waals surface area contributed by atoms with E-state index in [1.165, 1.54) is 30.3 Å². The minimum atomic E-state index is -3.75. The highest BCUT2D eigenvalue weighted by molar-refractivity contribution is 7.89. The molecule has 1 heterocycles. The van der Waals surface area contributed by atoms with Gasteiger partial charge in [0.05, 0.1) is 4.90 Å². The van der Waals surface area contributed by atoms with Crippen LogP contribution in [0.2, 0.25) is 0 Å². The molecule has 0 radical (unpaired) electrons. The highest BCUT2D eigenvalue weighted by Gasteiger charge is 2.25. The van der Waals surface area contributed by atoms with Gasteiger partial charge in [-0.05, 0) is 55.3 Å². The van der Waals surface area contributed by atoms with Crippen LogP contribution in [0.5, 0.6) is 0 Å². The van der Waals surface area contributed by atoms with Gasteiger partial charge in [-0.3, -0.25) is 4.90 Å². The fourth-order valence-electron chi connectivity index (χ4n) is 3.06. The van der Waals surface area contributed by atoms with Gasteiger partial charge >= 0.3 is 0 Å². The van der Waals surface area contributed by atoms with Gasteiger partial charge < -0.3 is 0 Å². The summed E-state index contributed by atoms with van der Waals surface area (Å²) in [5.74, 6) is -0.854. The smallest absolute Gasteiger partial charge is 0.240 e. The van der Waals surface area contributed by atoms with Gasteiger partial charge in [0.2, 0.25) is 10.0 Å². The molecule has 0 spiro atoms. The number of rotatable bonds is 5. The van der Waals surface area contributed by atoms with Gasteiger partial charge in [0.15, 0.2) is 0 Å². The maximum Gasteiger partial charge on any atom is 0.240 e. The van der Waals surface area contributed by atoms with Gasteiger partial charge in [0.25, 0.3) is 0 Å². The van der Waals surface area contributed by atoms with E-state index >= 15 is 0 Å². The second kappa shape index (κ2) is 7.59. The summed E-state index contributed by atoms with van der Waals surface area (Å²) in [5.41, 5.74) is 0.982. The van der Waals surface area contributed by atoms with Crippen molar-refractivity contribution in [3.05, 3.63) is 65.7 Å². The number of piperidine rings is 1. The second-order valence-electron chi connectivity index (χ2n) is 6.28. The van der Waals surface area contributed by atoms with Gasteiger partial charge in [-0.15, -0.1) is 0 Å². The van der Waals surface area contributed by atoms with Crippen LogP contribution in [-0.2, 0) is 16.6 Å². The lowest BCUT2D eigenvalue weighted by Gasteiger charge is -2.33. The maximum atomic E-state index is 13.3. The number of hydrogen-bond acceptors (Lipinski definition) is 3. The van der Waals surface area contributed by atoms with Crippen LogP contribution in [0.4, 0.5) is 8.78 Å². The van der Waals surface area contributed by atoms with Crippen LogP contribution in [0.3, 0.4) is 0 Å². The summed E-state index contributed by atoms with van der Waals surface area (Å²) >= 11 is 0. The predicted octanol–water partition coefficient (Wildman–Crippen LogP) is 2.91. The van der Waals surface area contributed by atoms with Gasteiger partial charge in [0.1, 0.15) is 11.6 Å². The first-order valence-corrected chi connectivity index (χ1v) is 9.65. The van der Waals surface area contributed by atoms with E-state index in [2.05, 4.69) is 9.62 Å². The molecule has 1 unspecified atom stereocenters. The normalized spacial score (nSPS) is 19.0. The van der Waals surface area contributed by atoms with Gasteiger partial charge in [0, 0.05) is 19.1 Å². The lowest BCUT2D eigenvalue weighted by atomic mass is 10.1. The first-order valence-electron chi connectivity index (χ1n) is 8.17. The Balaban J connectivity index is 1.64. The fraction of sp³-hybridized carbons (Fsp3) is 0.333. The Morgan fingerprint density at radius 2 is 1.84 bits per heavy atom. The molecule has 25 heavy (non-hydrogen) atoms.